The van der Waals surface area contributed by atoms with Crippen molar-refractivity contribution >= 4 is 11.0 Å². The third kappa shape index (κ3) is 4.02. The van der Waals surface area contributed by atoms with Crippen LogP contribution in [0.25, 0.3) is 16.7 Å². The molecule has 31 heavy (non-hydrogen) atoms. The minimum Gasteiger partial charge on any atom is -0.496 e. The van der Waals surface area contributed by atoms with Crippen LogP contribution in [0.3, 0.4) is 0 Å². The number of fused-ring (bicyclic) bond motifs is 1. The van der Waals surface area contributed by atoms with Gasteiger partial charge in [-0.1, -0.05) is 6.07 Å². The summed E-state index contributed by atoms with van der Waals surface area (Å²) in [4.78, 5) is 15.6. The number of benzene rings is 2. The van der Waals surface area contributed by atoms with Gasteiger partial charge in [-0.25, -0.2) is 9.07 Å². The van der Waals surface area contributed by atoms with Crippen molar-refractivity contribution in [3.8, 4) is 17.2 Å². The number of aromatic nitrogens is 3. The fourth-order valence-corrected chi connectivity index (χ4v) is 3.58. The van der Waals surface area contributed by atoms with Crippen molar-refractivity contribution in [2.24, 2.45) is 0 Å². The first-order valence-electron chi connectivity index (χ1n) is 9.80. The van der Waals surface area contributed by atoms with Crippen molar-refractivity contribution in [1.29, 1.82) is 0 Å². The molecule has 0 aliphatic rings. The van der Waals surface area contributed by atoms with Gasteiger partial charge in [0, 0.05) is 29.6 Å². The van der Waals surface area contributed by atoms with Crippen molar-refractivity contribution in [1.82, 2.24) is 20.1 Å². The molecular weight excluding hydrogens is 399 g/mol. The van der Waals surface area contributed by atoms with Gasteiger partial charge in [0.15, 0.2) is 0 Å². The number of halogens is 1. The van der Waals surface area contributed by atoms with E-state index >= 15 is 0 Å². The summed E-state index contributed by atoms with van der Waals surface area (Å²) in [6, 6.07) is 13.4. The summed E-state index contributed by atoms with van der Waals surface area (Å²) in [5, 5.41) is 8.63. The molecule has 0 aliphatic carbocycles. The van der Waals surface area contributed by atoms with Crippen molar-refractivity contribution < 1.29 is 13.9 Å². The molecule has 0 fully saturated rings. The van der Waals surface area contributed by atoms with Crippen LogP contribution in [0.15, 0.2) is 53.3 Å². The quantitative estimate of drug-likeness (QED) is 0.477. The van der Waals surface area contributed by atoms with Gasteiger partial charge in [0.25, 0.3) is 5.56 Å². The predicted octanol–water partition coefficient (Wildman–Crippen LogP) is 3.47. The number of methoxy groups -OCH3 is 2. The molecule has 0 amide bonds. The Morgan fingerprint density at radius 3 is 2.39 bits per heavy atom. The van der Waals surface area contributed by atoms with Gasteiger partial charge in [-0.15, -0.1) is 0 Å². The second kappa shape index (κ2) is 8.61. The van der Waals surface area contributed by atoms with Gasteiger partial charge in [-0.3, -0.25) is 4.79 Å². The van der Waals surface area contributed by atoms with E-state index in [1.165, 1.54) is 12.1 Å². The number of aromatic amines is 1. The molecule has 7 nitrogen and oxygen atoms in total. The first kappa shape index (κ1) is 20.6. The maximum absolute atomic E-state index is 13.3. The molecule has 4 rings (SSSR count). The lowest BCUT2D eigenvalue weighted by molar-refractivity contribution is 0.382. The second-order valence-corrected chi connectivity index (χ2v) is 7.10. The molecule has 0 saturated heterocycles. The van der Waals surface area contributed by atoms with E-state index in [1.54, 1.807) is 31.0 Å². The highest BCUT2D eigenvalue weighted by Gasteiger charge is 2.14. The van der Waals surface area contributed by atoms with Crippen LogP contribution >= 0.6 is 0 Å². The molecule has 0 bridgehead atoms. The van der Waals surface area contributed by atoms with Gasteiger partial charge in [-0.05, 0) is 49.4 Å². The maximum Gasteiger partial charge on any atom is 0.254 e. The highest BCUT2D eigenvalue weighted by atomic mass is 19.1. The summed E-state index contributed by atoms with van der Waals surface area (Å²) in [5.41, 5.74) is 3.26. The summed E-state index contributed by atoms with van der Waals surface area (Å²) in [6.45, 7) is 2.70. The van der Waals surface area contributed by atoms with E-state index in [1.807, 2.05) is 31.2 Å². The number of pyridine rings is 1. The predicted molar refractivity (Wildman–Crippen MR) is 116 cm³/mol. The van der Waals surface area contributed by atoms with Crippen LogP contribution in [0.1, 0.15) is 16.8 Å². The minimum atomic E-state index is -0.328. The SMILES string of the molecule is COc1cccc(OC)c1CNCc1cc2c(C)nn(-c3ccc(F)cc3)c2[nH]c1=O. The molecule has 2 aromatic heterocycles. The van der Waals surface area contributed by atoms with E-state index in [0.29, 0.717) is 41.5 Å². The Morgan fingerprint density at radius 1 is 1.06 bits per heavy atom. The Bertz CT molecular complexity index is 1260. The van der Waals surface area contributed by atoms with Crippen LogP contribution in [-0.4, -0.2) is 29.0 Å². The first-order valence-corrected chi connectivity index (χ1v) is 9.80. The van der Waals surface area contributed by atoms with Gasteiger partial charge in [0.05, 0.1) is 25.6 Å². The van der Waals surface area contributed by atoms with E-state index in [-0.39, 0.29) is 11.4 Å². The standard InChI is InChI=1S/C23H23FN4O3/c1-14-18-11-15(12-25-13-19-20(30-2)5-4-6-21(19)31-3)23(29)26-22(18)28(27-14)17-9-7-16(24)8-10-17/h4-11,25H,12-13H2,1-3H3,(H,26,29). The average Bonchev–Trinajstić information content (AvgIpc) is 3.09. The zero-order valence-electron chi connectivity index (χ0n) is 17.5. The van der Waals surface area contributed by atoms with Crippen LogP contribution in [-0.2, 0) is 13.1 Å². The molecule has 2 N–H and O–H groups in total. The Balaban J connectivity index is 1.60. The van der Waals surface area contributed by atoms with Crippen molar-refractivity contribution in [2.45, 2.75) is 20.0 Å². The molecule has 0 atom stereocenters. The van der Waals surface area contributed by atoms with Gasteiger partial charge in [0.1, 0.15) is 23.0 Å². The van der Waals surface area contributed by atoms with E-state index < -0.39 is 0 Å². The number of nitrogens with one attached hydrogen (secondary N) is 2. The lowest BCUT2D eigenvalue weighted by Crippen LogP contribution is -2.21. The Hall–Kier alpha value is -3.65. The molecule has 2 heterocycles. The fraction of sp³-hybridized carbons (Fsp3) is 0.217. The Labute approximate surface area is 178 Å². The summed E-state index contributed by atoms with van der Waals surface area (Å²) >= 11 is 0. The smallest absolute Gasteiger partial charge is 0.254 e. The fourth-order valence-electron chi connectivity index (χ4n) is 3.58. The number of nitrogens with zero attached hydrogens (tertiary/aromatic N) is 2. The number of hydrogen-bond donors (Lipinski definition) is 2. The number of hydrogen-bond acceptors (Lipinski definition) is 5. The van der Waals surface area contributed by atoms with Crippen LogP contribution in [0, 0.1) is 12.7 Å². The Kier molecular flexibility index (Phi) is 5.73. The summed E-state index contributed by atoms with van der Waals surface area (Å²) < 4.78 is 25.7. The Morgan fingerprint density at radius 2 is 1.74 bits per heavy atom. The van der Waals surface area contributed by atoms with Crippen LogP contribution in [0.4, 0.5) is 4.39 Å². The molecule has 0 radical (unpaired) electrons. The van der Waals surface area contributed by atoms with Gasteiger partial charge < -0.3 is 19.8 Å². The lowest BCUT2D eigenvalue weighted by atomic mass is 10.1. The topological polar surface area (TPSA) is 81.2 Å². The number of H-pyrrole nitrogens is 1. The van der Waals surface area contributed by atoms with Crippen LogP contribution in [0.2, 0.25) is 0 Å². The molecule has 4 aromatic rings. The summed E-state index contributed by atoms with van der Waals surface area (Å²) in [7, 11) is 3.22. The van der Waals surface area contributed by atoms with E-state index in [2.05, 4.69) is 15.4 Å². The largest absolute Gasteiger partial charge is 0.496 e. The minimum absolute atomic E-state index is 0.213. The van der Waals surface area contributed by atoms with Crippen LogP contribution in [0.5, 0.6) is 11.5 Å². The van der Waals surface area contributed by atoms with Gasteiger partial charge in [-0.2, -0.15) is 5.10 Å². The number of aryl methyl sites for hydroxylation is 1. The highest BCUT2D eigenvalue weighted by Crippen LogP contribution is 2.28. The van der Waals surface area contributed by atoms with E-state index in [9.17, 15) is 9.18 Å². The van der Waals surface area contributed by atoms with Crippen molar-refractivity contribution in [3.05, 3.63) is 81.5 Å². The average molecular weight is 422 g/mol. The van der Waals surface area contributed by atoms with Gasteiger partial charge >= 0.3 is 0 Å². The molecule has 0 saturated carbocycles. The zero-order valence-corrected chi connectivity index (χ0v) is 17.5. The second-order valence-electron chi connectivity index (χ2n) is 7.10. The van der Waals surface area contributed by atoms with E-state index in [4.69, 9.17) is 9.47 Å². The first-order chi connectivity index (χ1) is 15.0. The third-order valence-corrected chi connectivity index (χ3v) is 5.17. The molecule has 2 aromatic carbocycles. The summed E-state index contributed by atoms with van der Waals surface area (Å²) in [5.74, 6) is 1.10. The van der Waals surface area contributed by atoms with Crippen molar-refractivity contribution in [3.63, 3.8) is 0 Å². The van der Waals surface area contributed by atoms with Crippen LogP contribution < -0.4 is 20.3 Å². The lowest BCUT2D eigenvalue weighted by Gasteiger charge is -2.13. The molecule has 0 spiro atoms. The molecular formula is C23H23FN4O3. The monoisotopic (exact) mass is 422 g/mol. The number of ether oxygens (including phenoxy) is 2. The summed E-state index contributed by atoms with van der Waals surface area (Å²) in [6.07, 6.45) is 0. The number of rotatable bonds is 7. The highest BCUT2D eigenvalue weighted by molar-refractivity contribution is 5.80. The molecule has 8 heteroatoms. The molecule has 0 aliphatic heterocycles. The molecule has 0 unspecified atom stereocenters. The zero-order chi connectivity index (χ0) is 22.0. The third-order valence-electron chi connectivity index (χ3n) is 5.17. The van der Waals surface area contributed by atoms with Crippen molar-refractivity contribution in [2.75, 3.05) is 14.2 Å². The normalized spacial score (nSPS) is 11.1. The van der Waals surface area contributed by atoms with Gasteiger partial charge in [0.2, 0.25) is 0 Å². The molecule has 160 valence electrons. The van der Waals surface area contributed by atoms with E-state index in [0.717, 1.165) is 16.6 Å². The maximum atomic E-state index is 13.3.